The van der Waals surface area contributed by atoms with E-state index in [0.29, 0.717) is 18.4 Å². The predicted octanol–water partition coefficient (Wildman–Crippen LogP) is -2.25. The molecule has 2 fully saturated rings. The summed E-state index contributed by atoms with van der Waals surface area (Å²) in [6.45, 7) is 1.59. The first-order valence-electron chi connectivity index (χ1n) is 8.86. The molecular weight excluding hydrogens is 468 g/mol. The van der Waals surface area contributed by atoms with Crippen molar-refractivity contribution in [2.45, 2.75) is 30.9 Å². The number of fused-ring (bicyclic) bond motifs is 1. The Labute approximate surface area is 208 Å². The molecule has 33 heavy (non-hydrogen) atoms. The molecule has 4 heterocycles. The van der Waals surface area contributed by atoms with Crippen LogP contribution in [-0.4, -0.2) is 54.6 Å². The van der Waals surface area contributed by atoms with Gasteiger partial charge in [0.2, 0.25) is 0 Å². The van der Waals surface area contributed by atoms with E-state index in [4.69, 9.17) is 29.0 Å². The third-order valence-corrected chi connectivity index (χ3v) is 4.07. The number of carbonyl (C=O) groups is 3. The molecule has 1 aromatic rings. The average Bonchev–Trinajstić information content (AvgIpc) is 3.56. The van der Waals surface area contributed by atoms with Crippen LogP contribution in [0.15, 0.2) is 47.6 Å². The topological polar surface area (TPSA) is 145 Å². The van der Waals surface area contributed by atoms with Crippen LogP contribution in [-0.2, 0) is 40.1 Å². The Kier molecular flexibility index (Phi) is 13.9. The Morgan fingerprint density at radius 3 is 2.48 bits per heavy atom. The quantitative estimate of drug-likeness (QED) is 0.0938. The van der Waals surface area contributed by atoms with Crippen LogP contribution in [0.5, 0.6) is 0 Å². The molecule has 1 spiro atoms. The Hall–Kier alpha value is -2.16. The normalized spacial score (nSPS) is 23.0. The summed E-state index contributed by atoms with van der Waals surface area (Å²) in [5, 5.41) is 16.8. The Morgan fingerprint density at radius 1 is 1.42 bits per heavy atom. The molecule has 0 aromatic carbocycles. The fourth-order valence-corrected chi connectivity index (χ4v) is 2.76. The number of rotatable bonds is 4. The number of hydrogen-bond donors (Lipinski definition) is 1. The van der Waals surface area contributed by atoms with Gasteiger partial charge in [0.1, 0.15) is 24.6 Å². The first-order valence-corrected chi connectivity index (χ1v) is 8.86. The molecule has 0 amide bonds. The van der Waals surface area contributed by atoms with Crippen LogP contribution >= 0.6 is 0 Å². The second kappa shape index (κ2) is 14.9. The molecule has 0 saturated carbocycles. The molecule has 10 nitrogen and oxygen atoms in total. The summed E-state index contributed by atoms with van der Waals surface area (Å²) < 4.78 is 52.7. The van der Waals surface area contributed by atoms with E-state index < -0.39 is 18.8 Å². The van der Waals surface area contributed by atoms with Gasteiger partial charge in [0.25, 0.3) is 6.47 Å². The van der Waals surface area contributed by atoms with Crippen molar-refractivity contribution in [3.8, 4) is 0 Å². The number of carbonyl (C=O) groups excluding carboxylic acids is 3. The third-order valence-electron chi connectivity index (χ3n) is 4.07. The molecule has 2 bridgehead atoms. The van der Waals surface area contributed by atoms with Crippen LogP contribution in [0.1, 0.15) is 12.2 Å². The fraction of sp³-hybridized carbons (Fsp3) is 0.421. The van der Waals surface area contributed by atoms with E-state index in [1.165, 1.54) is 6.26 Å². The minimum absolute atomic E-state index is 0. The molecule has 0 radical (unpaired) electrons. The summed E-state index contributed by atoms with van der Waals surface area (Å²) in [5.74, 6) is -0.563. The maximum atomic E-state index is 11.2. The SMILES string of the molecule is C=CC(=O)OCC(F)(F)F.O=C1OC[C@]23C=C[C@H](CC12)O3.O=CO[O-].OCc1ccco1.[Na+]. The molecule has 4 rings (SSSR count). The molecule has 3 aliphatic rings. The van der Waals surface area contributed by atoms with Crippen molar-refractivity contribution in [2.24, 2.45) is 5.92 Å². The molecule has 2 saturated heterocycles. The maximum absolute atomic E-state index is 11.2. The molecule has 178 valence electrons. The minimum atomic E-state index is -4.46. The van der Waals surface area contributed by atoms with E-state index >= 15 is 0 Å². The summed E-state index contributed by atoms with van der Waals surface area (Å²) in [7, 11) is 0. The van der Waals surface area contributed by atoms with Gasteiger partial charge in [-0.25, -0.2) is 4.79 Å². The van der Waals surface area contributed by atoms with Crippen LogP contribution in [0.2, 0.25) is 0 Å². The van der Waals surface area contributed by atoms with Crippen molar-refractivity contribution in [1.29, 1.82) is 0 Å². The van der Waals surface area contributed by atoms with Crippen LogP contribution in [0.25, 0.3) is 0 Å². The fourth-order valence-electron chi connectivity index (χ4n) is 2.76. The standard InChI is InChI=1S/C8H8O3.C5H5F3O2.C5H6O2.CH2O3.Na/c9-7-6-3-5-1-2-8(6,11-5)4-10-7;1-2-4(9)10-3-5(6,7)8;6-4-5-2-1-3-7-5;2-1-4-3;/h1-2,5-6H,3-4H2;2H,1,3H2;1-3,6H,4H2;1,3H;/q;;;;+1/p-1/t5-,6?,8-;;;;/m1..../s1. The smallest absolute Gasteiger partial charge is 0.662 e. The molecule has 3 atom stereocenters. The molecule has 3 aliphatic heterocycles. The zero-order chi connectivity index (χ0) is 24.2. The van der Waals surface area contributed by atoms with Gasteiger partial charge in [-0.05, 0) is 24.6 Å². The van der Waals surface area contributed by atoms with E-state index in [1.54, 1.807) is 12.1 Å². The summed E-state index contributed by atoms with van der Waals surface area (Å²) in [4.78, 5) is 32.4. The van der Waals surface area contributed by atoms with Gasteiger partial charge >= 0.3 is 47.7 Å². The largest absolute Gasteiger partial charge is 1.00 e. The van der Waals surface area contributed by atoms with Crippen LogP contribution in [0, 0.1) is 5.92 Å². The summed E-state index contributed by atoms with van der Waals surface area (Å²) in [6, 6.07) is 3.46. The number of hydrogen-bond acceptors (Lipinski definition) is 10. The molecular formula is C19H20F3NaO10. The third kappa shape index (κ3) is 10.5. The molecule has 0 aliphatic carbocycles. The van der Waals surface area contributed by atoms with Gasteiger partial charge in [0.15, 0.2) is 6.61 Å². The van der Waals surface area contributed by atoms with E-state index in [1.807, 2.05) is 12.2 Å². The Balaban J connectivity index is 0.000000434. The van der Waals surface area contributed by atoms with E-state index in [0.717, 1.165) is 6.42 Å². The Bertz CT molecular complexity index is 781. The van der Waals surface area contributed by atoms with Crippen molar-refractivity contribution >= 4 is 18.4 Å². The van der Waals surface area contributed by atoms with Gasteiger partial charge in [-0.1, -0.05) is 12.7 Å². The van der Waals surface area contributed by atoms with Gasteiger partial charge in [0.05, 0.1) is 18.3 Å². The first-order chi connectivity index (χ1) is 15.1. The van der Waals surface area contributed by atoms with Crippen molar-refractivity contribution in [2.75, 3.05) is 13.2 Å². The molecule has 1 aromatic heterocycles. The summed E-state index contributed by atoms with van der Waals surface area (Å²) >= 11 is 0. The molecule has 14 heteroatoms. The van der Waals surface area contributed by atoms with Crippen molar-refractivity contribution < 1.29 is 91.0 Å². The van der Waals surface area contributed by atoms with Crippen LogP contribution in [0.4, 0.5) is 13.2 Å². The van der Waals surface area contributed by atoms with E-state index in [2.05, 4.69) is 16.2 Å². The second-order valence-corrected chi connectivity index (χ2v) is 6.22. The number of furan rings is 1. The monoisotopic (exact) mass is 488 g/mol. The van der Waals surface area contributed by atoms with Gasteiger partial charge in [-0.2, -0.15) is 13.2 Å². The predicted molar refractivity (Wildman–Crippen MR) is 94.8 cm³/mol. The zero-order valence-corrected chi connectivity index (χ0v) is 19.5. The summed E-state index contributed by atoms with van der Waals surface area (Å²) in [5.41, 5.74) is -0.359. The number of halogens is 3. The van der Waals surface area contributed by atoms with Crippen molar-refractivity contribution in [3.05, 3.63) is 49.0 Å². The number of aliphatic hydroxyl groups excluding tert-OH is 1. The minimum Gasteiger partial charge on any atom is -0.662 e. The van der Waals surface area contributed by atoms with E-state index in [-0.39, 0.29) is 66.2 Å². The van der Waals surface area contributed by atoms with Crippen LogP contribution < -0.4 is 34.8 Å². The van der Waals surface area contributed by atoms with Gasteiger partial charge in [-0.15, -0.1) is 0 Å². The average molecular weight is 488 g/mol. The first kappa shape index (κ1) is 30.8. The maximum Gasteiger partial charge on any atom is 1.00 e. The Morgan fingerprint density at radius 2 is 2.09 bits per heavy atom. The molecule has 1 unspecified atom stereocenters. The molecule has 1 N–H and O–H groups in total. The second-order valence-electron chi connectivity index (χ2n) is 6.22. The number of aliphatic hydroxyl groups is 1. The zero-order valence-electron chi connectivity index (χ0n) is 17.5. The number of ether oxygens (including phenoxy) is 3. The van der Waals surface area contributed by atoms with Gasteiger partial charge in [-0.3, -0.25) is 9.59 Å². The van der Waals surface area contributed by atoms with Gasteiger partial charge in [0, 0.05) is 6.08 Å². The van der Waals surface area contributed by atoms with Crippen molar-refractivity contribution in [1.82, 2.24) is 0 Å². The number of alkyl halides is 3. The summed E-state index contributed by atoms with van der Waals surface area (Å²) in [6.07, 6.45) is 2.74. The van der Waals surface area contributed by atoms with Crippen molar-refractivity contribution in [3.63, 3.8) is 0 Å². The number of cyclic esters (lactones) is 1. The number of esters is 2. The van der Waals surface area contributed by atoms with Crippen LogP contribution in [0.3, 0.4) is 0 Å². The van der Waals surface area contributed by atoms with Gasteiger partial charge < -0.3 is 33.9 Å². The van der Waals surface area contributed by atoms with E-state index in [9.17, 15) is 22.8 Å².